The topological polar surface area (TPSA) is 90.4 Å². The molecule has 0 aromatic heterocycles. The number of amides is 3. The molecule has 1 saturated carbocycles. The molecule has 4 heterocycles. The minimum atomic E-state index is -1.30. The van der Waals surface area contributed by atoms with Gasteiger partial charge in [-0.3, -0.25) is 14.4 Å². The van der Waals surface area contributed by atoms with Crippen molar-refractivity contribution < 1.29 is 24.2 Å². The van der Waals surface area contributed by atoms with Crippen LogP contribution in [0.5, 0.6) is 0 Å². The number of carbonyl (C=O) groups excluding carboxylic acids is 3. The van der Waals surface area contributed by atoms with E-state index in [0.717, 1.165) is 37.7 Å². The van der Waals surface area contributed by atoms with Crippen LogP contribution in [0.15, 0.2) is 54.6 Å². The summed E-state index contributed by atoms with van der Waals surface area (Å²) >= 11 is 0. The zero-order chi connectivity index (χ0) is 28.8. The summed E-state index contributed by atoms with van der Waals surface area (Å²) < 4.78 is 6.96. The van der Waals surface area contributed by atoms with Gasteiger partial charge in [0, 0.05) is 25.7 Å². The van der Waals surface area contributed by atoms with Crippen molar-refractivity contribution in [2.24, 2.45) is 11.8 Å². The second-order valence-corrected chi connectivity index (χ2v) is 12.6. The van der Waals surface area contributed by atoms with Gasteiger partial charge in [0.1, 0.15) is 11.6 Å². The van der Waals surface area contributed by atoms with Gasteiger partial charge in [-0.05, 0) is 38.2 Å². The molecule has 1 aromatic carbocycles. The van der Waals surface area contributed by atoms with Gasteiger partial charge < -0.3 is 24.5 Å². The number of nitrogens with zero attached hydrogens (tertiary/aromatic N) is 3. The molecule has 1 aromatic rings. The van der Waals surface area contributed by atoms with E-state index in [1.54, 1.807) is 4.90 Å². The molecular weight excluding hydrogens is 518 g/mol. The van der Waals surface area contributed by atoms with Crippen molar-refractivity contribution in [2.45, 2.75) is 88.1 Å². The van der Waals surface area contributed by atoms with Crippen molar-refractivity contribution in [2.75, 3.05) is 26.2 Å². The fourth-order valence-electron chi connectivity index (χ4n) is 8.25. The van der Waals surface area contributed by atoms with E-state index in [-0.39, 0.29) is 30.4 Å². The number of aliphatic hydroxyl groups is 1. The maximum atomic E-state index is 14.7. The largest absolute Gasteiger partial charge is 0.394 e. The number of hydrogen-bond acceptors (Lipinski definition) is 5. The summed E-state index contributed by atoms with van der Waals surface area (Å²) in [5.41, 5.74) is -1.35. The molecule has 6 rings (SSSR count). The van der Waals surface area contributed by atoms with Crippen molar-refractivity contribution in [1.29, 1.82) is 0 Å². The number of ether oxygens (including phenoxy) is 1. The summed E-state index contributed by atoms with van der Waals surface area (Å²) in [5.74, 6) is -2.13. The van der Waals surface area contributed by atoms with Gasteiger partial charge in [0.05, 0.1) is 30.1 Å². The Morgan fingerprint density at radius 1 is 0.951 bits per heavy atom. The molecule has 2 saturated heterocycles. The average Bonchev–Trinajstić information content (AvgIpc) is 3.26. The van der Waals surface area contributed by atoms with Gasteiger partial charge in [0.2, 0.25) is 17.7 Å². The number of carbonyl (C=O) groups is 3. The highest BCUT2D eigenvalue weighted by Gasteiger charge is 2.75. The van der Waals surface area contributed by atoms with Crippen LogP contribution in [-0.2, 0) is 25.5 Å². The lowest BCUT2D eigenvalue weighted by Gasteiger charge is -2.42. The Morgan fingerprint density at radius 3 is 2.39 bits per heavy atom. The average molecular weight is 562 g/mol. The molecule has 0 bridgehead atoms. The fraction of sp³-hybridized carbons (Fsp3) is 0.606. The predicted octanol–water partition coefficient (Wildman–Crippen LogP) is 3.10. The zero-order valence-corrected chi connectivity index (χ0v) is 24.3. The molecule has 3 amide bonds. The molecule has 220 valence electrons. The molecule has 4 aliphatic heterocycles. The van der Waals surface area contributed by atoms with Crippen molar-refractivity contribution >= 4 is 17.7 Å². The van der Waals surface area contributed by atoms with Crippen LogP contribution in [0.4, 0.5) is 0 Å². The first kappa shape index (κ1) is 28.2. The Kier molecular flexibility index (Phi) is 7.57. The number of benzene rings is 1. The van der Waals surface area contributed by atoms with Crippen LogP contribution < -0.4 is 0 Å². The summed E-state index contributed by atoms with van der Waals surface area (Å²) in [7, 11) is 0. The SMILES string of the molecule is CCCN1CC=C[C@]2(C)O[C@]34C=CCN(C5CCCCC5)C(=O)C3N([C@@H](CO)Cc3ccccc3)C(=O)[C@@H]4[C@@H]2C1=O. The van der Waals surface area contributed by atoms with E-state index in [4.69, 9.17) is 4.74 Å². The molecule has 1 aliphatic carbocycles. The Hall–Kier alpha value is -2.97. The molecule has 41 heavy (non-hydrogen) atoms. The fourth-order valence-corrected chi connectivity index (χ4v) is 8.25. The van der Waals surface area contributed by atoms with Crippen molar-refractivity contribution in [3.63, 3.8) is 0 Å². The van der Waals surface area contributed by atoms with Gasteiger partial charge in [-0.1, -0.05) is 80.8 Å². The first-order chi connectivity index (χ1) is 19.8. The third-order valence-electron chi connectivity index (χ3n) is 10.0. The highest BCUT2D eigenvalue weighted by atomic mass is 16.5. The van der Waals surface area contributed by atoms with Crippen LogP contribution >= 0.6 is 0 Å². The number of aliphatic hydroxyl groups excluding tert-OH is 1. The minimum absolute atomic E-state index is 0.104. The Balaban J connectivity index is 1.46. The van der Waals surface area contributed by atoms with Crippen LogP contribution in [0.2, 0.25) is 0 Å². The number of rotatable bonds is 7. The molecule has 0 radical (unpaired) electrons. The molecule has 8 heteroatoms. The van der Waals surface area contributed by atoms with Gasteiger partial charge in [0.25, 0.3) is 0 Å². The zero-order valence-electron chi connectivity index (χ0n) is 24.3. The summed E-state index contributed by atoms with van der Waals surface area (Å²) in [6.07, 6.45) is 14.2. The lowest BCUT2D eigenvalue weighted by molar-refractivity contribution is -0.157. The maximum Gasteiger partial charge on any atom is 0.249 e. The van der Waals surface area contributed by atoms with Crippen molar-refractivity contribution in [3.05, 3.63) is 60.2 Å². The number of likely N-dealkylation sites (tertiary alicyclic amines) is 1. The molecule has 8 nitrogen and oxygen atoms in total. The molecule has 6 atom stereocenters. The normalized spacial score (nSPS) is 34.4. The minimum Gasteiger partial charge on any atom is -0.394 e. The lowest BCUT2D eigenvalue weighted by Crippen LogP contribution is -2.60. The summed E-state index contributed by atoms with van der Waals surface area (Å²) in [6.45, 7) is 5.15. The summed E-state index contributed by atoms with van der Waals surface area (Å²) in [5, 5.41) is 10.7. The number of fused-ring (bicyclic) bond motifs is 2. The van der Waals surface area contributed by atoms with Gasteiger partial charge >= 0.3 is 0 Å². The highest BCUT2D eigenvalue weighted by molar-refractivity contribution is 6.00. The standard InChI is InChI=1S/C33H43N3O5/c1-3-18-34-19-10-16-32(2)26(29(34)38)27-30(39)36(25(22-37)21-23-12-6-4-7-13-23)28-31(40)35(24-14-8-5-9-15-24)20-11-17-33(27,28)41-32/h4,6-7,10-13,16-17,24-28,37H,3,5,8-9,14-15,18-22H2,1-2H3/t25-,26-,27+,28?,32+,33+/m1/s1. The summed E-state index contributed by atoms with van der Waals surface area (Å²) in [4.78, 5) is 49.0. The van der Waals surface area contributed by atoms with E-state index in [0.29, 0.717) is 26.1 Å². The van der Waals surface area contributed by atoms with Gasteiger partial charge in [0.15, 0.2) is 0 Å². The van der Waals surface area contributed by atoms with E-state index in [1.807, 2.05) is 78.3 Å². The quantitative estimate of drug-likeness (QED) is 0.517. The highest BCUT2D eigenvalue weighted by Crippen LogP contribution is 2.58. The monoisotopic (exact) mass is 561 g/mol. The third kappa shape index (κ3) is 4.54. The molecule has 3 fully saturated rings. The van der Waals surface area contributed by atoms with Crippen LogP contribution in [-0.4, -0.2) is 93.1 Å². The summed E-state index contributed by atoms with van der Waals surface area (Å²) in [6, 6.07) is 8.27. The van der Waals surface area contributed by atoms with Crippen LogP contribution in [0.1, 0.15) is 57.9 Å². The van der Waals surface area contributed by atoms with Gasteiger partial charge in [-0.25, -0.2) is 0 Å². The van der Waals surface area contributed by atoms with Crippen molar-refractivity contribution in [1.82, 2.24) is 14.7 Å². The Morgan fingerprint density at radius 2 is 1.68 bits per heavy atom. The third-order valence-corrected chi connectivity index (χ3v) is 10.0. The molecular formula is C33H43N3O5. The van der Waals surface area contributed by atoms with Gasteiger partial charge in [-0.15, -0.1) is 0 Å². The lowest BCUT2D eigenvalue weighted by atomic mass is 9.74. The van der Waals surface area contributed by atoms with Gasteiger partial charge in [-0.2, -0.15) is 0 Å². The molecule has 1 unspecified atom stereocenters. The molecule has 1 N–H and O–H groups in total. The van der Waals surface area contributed by atoms with E-state index in [2.05, 4.69) is 0 Å². The van der Waals surface area contributed by atoms with Crippen LogP contribution in [0.3, 0.4) is 0 Å². The van der Waals surface area contributed by atoms with Crippen molar-refractivity contribution in [3.8, 4) is 0 Å². The van der Waals surface area contributed by atoms with E-state index in [1.165, 1.54) is 6.42 Å². The predicted molar refractivity (Wildman–Crippen MR) is 155 cm³/mol. The van der Waals surface area contributed by atoms with Crippen LogP contribution in [0.25, 0.3) is 0 Å². The van der Waals surface area contributed by atoms with E-state index >= 15 is 0 Å². The first-order valence-corrected chi connectivity index (χ1v) is 15.5. The maximum absolute atomic E-state index is 14.7. The number of hydrogen-bond donors (Lipinski definition) is 1. The van der Waals surface area contributed by atoms with E-state index < -0.39 is 35.1 Å². The molecule has 1 spiro atoms. The second kappa shape index (κ2) is 11.0. The second-order valence-electron chi connectivity index (χ2n) is 12.6. The Labute approximate surface area is 243 Å². The first-order valence-electron chi connectivity index (χ1n) is 15.5. The Bertz CT molecular complexity index is 1230. The molecule has 5 aliphatic rings. The van der Waals surface area contributed by atoms with E-state index in [9.17, 15) is 19.5 Å². The smallest absolute Gasteiger partial charge is 0.249 e. The van der Waals surface area contributed by atoms with Crippen LogP contribution in [0, 0.1) is 11.8 Å².